The summed E-state index contributed by atoms with van der Waals surface area (Å²) < 4.78 is 13.5. The third kappa shape index (κ3) is 4.03. The van der Waals surface area contributed by atoms with Crippen LogP contribution in [-0.2, 0) is 4.79 Å². The van der Waals surface area contributed by atoms with Crippen LogP contribution < -0.4 is 11.1 Å². The highest BCUT2D eigenvalue weighted by molar-refractivity contribution is 5.95. The van der Waals surface area contributed by atoms with Crippen molar-refractivity contribution in [3.63, 3.8) is 0 Å². The van der Waals surface area contributed by atoms with Gasteiger partial charge >= 0.3 is 5.97 Å². The van der Waals surface area contributed by atoms with E-state index in [0.717, 1.165) is 24.6 Å². The molecule has 1 amide bonds. The number of hydrogen-bond acceptors (Lipinski definition) is 3. The largest absolute Gasteiger partial charge is 0.478 e. The maximum absolute atomic E-state index is 13.5. The molecule has 0 fully saturated rings. The predicted molar refractivity (Wildman–Crippen MR) is 69.4 cm³/mol. The summed E-state index contributed by atoms with van der Waals surface area (Å²) in [5.41, 5.74) is 5.25. The van der Waals surface area contributed by atoms with E-state index in [1.165, 1.54) is 0 Å². The SMILES string of the molecule is CCCC(CN)C(=O)Nc1cc(C(=O)O)ccc1F. The normalized spacial score (nSPS) is 11.9. The number of carbonyl (C=O) groups excluding carboxylic acids is 1. The molecule has 0 radical (unpaired) electrons. The van der Waals surface area contributed by atoms with Crippen LogP contribution in [0.25, 0.3) is 0 Å². The molecule has 0 aliphatic carbocycles. The Hall–Kier alpha value is -1.95. The maximum Gasteiger partial charge on any atom is 0.335 e. The average molecular weight is 268 g/mol. The Morgan fingerprint density at radius 2 is 2.16 bits per heavy atom. The fraction of sp³-hybridized carbons (Fsp3) is 0.385. The molecule has 0 bridgehead atoms. The molecule has 1 rings (SSSR count). The van der Waals surface area contributed by atoms with Gasteiger partial charge in [0.05, 0.1) is 17.2 Å². The Morgan fingerprint density at radius 1 is 1.47 bits per heavy atom. The molecule has 104 valence electrons. The van der Waals surface area contributed by atoms with Gasteiger partial charge in [0.2, 0.25) is 5.91 Å². The quantitative estimate of drug-likeness (QED) is 0.734. The molecule has 0 heterocycles. The molecule has 19 heavy (non-hydrogen) atoms. The second-order valence-corrected chi connectivity index (χ2v) is 4.21. The van der Waals surface area contributed by atoms with E-state index in [4.69, 9.17) is 10.8 Å². The molecule has 4 N–H and O–H groups in total. The number of carbonyl (C=O) groups is 2. The minimum atomic E-state index is -1.18. The van der Waals surface area contributed by atoms with E-state index in [-0.39, 0.29) is 17.8 Å². The van der Waals surface area contributed by atoms with Crippen LogP contribution in [0.15, 0.2) is 18.2 Å². The second kappa shape index (κ2) is 6.84. The summed E-state index contributed by atoms with van der Waals surface area (Å²) in [6.45, 7) is 2.08. The minimum Gasteiger partial charge on any atom is -0.478 e. The van der Waals surface area contributed by atoms with Gasteiger partial charge in [-0.2, -0.15) is 0 Å². The van der Waals surface area contributed by atoms with E-state index >= 15 is 0 Å². The predicted octanol–water partition coefficient (Wildman–Crippen LogP) is 1.84. The van der Waals surface area contributed by atoms with Crippen molar-refractivity contribution in [2.45, 2.75) is 19.8 Å². The van der Waals surface area contributed by atoms with E-state index < -0.39 is 23.6 Å². The summed E-state index contributed by atoms with van der Waals surface area (Å²) in [6, 6.07) is 3.24. The molecule has 0 spiro atoms. The monoisotopic (exact) mass is 268 g/mol. The Labute approximate surface area is 110 Å². The lowest BCUT2D eigenvalue weighted by Crippen LogP contribution is -2.29. The topological polar surface area (TPSA) is 92.4 Å². The first-order chi connectivity index (χ1) is 8.99. The Bertz CT molecular complexity index is 477. The number of rotatable bonds is 6. The number of halogens is 1. The number of aromatic carboxylic acids is 1. The molecular weight excluding hydrogens is 251 g/mol. The lowest BCUT2D eigenvalue weighted by Gasteiger charge is -2.14. The number of benzene rings is 1. The van der Waals surface area contributed by atoms with Crippen LogP contribution in [0.5, 0.6) is 0 Å². The Morgan fingerprint density at radius 3 is 2.68 bits per heavy atom. The average Bonchev–Trinajstić information content (AvgIpc) is 2.38. The molecule has 5 nitrogen and oxygen atoms in total. The van der Waals surface area contributed by atoms with Gasteiger partial charge in [0, 0.05) is 6.54 Å². The van der Waals surface area contributed by atoms with E-state index in [1.54, 1.807) is 0 Å². The van der Waals surface area contributed by atoms with Crippen LogP contribution in [0.1, 0.15) is 30.1 Å². The van der Waals surface area contributed by atoms with Crippen molar-refractivity contribution in [2.75, 3.05) is 11.9 Å². The zero-order valence-electron chi connectivity index (χ0n) is 10.6. The summed E-state index contributed by atoms with van der Waals surface area (Å²) >= 11 is 0. The minimum absolute atomic E-state index is 0.0866. The first kappa shape index (κ1) is 15.1. The number of hydrogen-bond donors (Lipinski definition) is 3. The molecule has 0 aliphatic rings. The van der Waals surface area contributed by atoms with E-state index in [9.17, 15) is 14.0 Å². The smallest absolute Gasteiger partial charge is 0.335 e. The van der Waals surface area contributed by atoms with Crippen molar-refractivity contribution < 1.29 is 19.1 Å². The van der Waals surface area contributed by atoms with Crippen LogP contribution in [-0.4, -0.2) is 23.5 Å². The Kier molecular flexibility index (Phi) is 5.44. The molecule has 0 aliphatic heterocycles. The number of nitrogens with one attached hydrogen (secondary N) is 1. The van der Waals surface area contributed by atoms with Gasteiger partial charge < -0.3 is 16.2 Å². The summed E-state index contributed by atoms with van der Waals surface area (Å²) in [5, 5.41) is 11.2. The molecule has 1 aromatic rings. The third-order valence-electron chi connectivity index (χ3n) is 2.76. The number of nitrogens with two attached hydrogens (primary N) is 1. The molecular formula is C13H17FN2O3. The van der Waals surface area contributed by atoms with Gasteiger partial charge in [0.1, 0.15) is 5.82 Å². The van der Waals surface area contributed by atoms with Gasteiger partial charge in [0.15, 0.2) is 0 Å². The summed E-state index contributed by atoms with van der Waals surface area (Å²) in [7, 11) is 0. The van der Waals surface area contributed by atoms with Gasteiger partial charge in [0.25, 0.3) is 0 Å². The summed E-state index contributed by atoms with van der Waals surface area (Å²) in [6.07, 6.45) is 1.38. The van der Waals surface area contributed by atoms with Gasteiger partial charge in [-0.05, 0) is 24.6 Å². The van der Waals surface area contributed by atoms with Crippen molar-refractivity contribution in [1.29, 1.82) is 0 Å². The van der Waals surface area contributed by atoms with Crippen LogP contribution in [0.2, 0.25) is 0 Å². The summed E-state index contributed by atoms with van der Waals surface area (Å²) in [5.74, 6) is -2.66. The van der Waals surface area contributed by atoms with Gasteiger partial charge in [-0.1, -0.05) is 13.3 Å². The maximum atomic E-state index is 13.5. The first-order valence-electron chi connectivity index (χ1n) is 6.03. The Balaban J connectivity index is 2.89. The highest BCUT2D eigenvalue weighted by Gasteiger charge is 2.18. The fourth-order valence-corrected chi connectivity index (χ4v) is 1.69. The third-order valence-corrected chi connectivity index (χ3v) is 2.76. The zero-order valence-corrected chi connectivity index (χ0v) is 10.6. The van der Waals surface area contributed by atoms with Crippen LogP contribution in [0, 0.1) is 11.7 Å². The second-order valence-electron chi connectivity index (χ2n) is 4.21. The molecule has 0 aromatic heterocycles. The van der Waals surface area contributed by atoms with Crippen LogP contribution in [0.3, 0.4) is 0 Å². The van der Waals surface area contributed by atoms with Crippen LogP contribution >= 0.6 is 0 Å². The van der Waals surface area contributed by atoms with Crippen molar-refractivity contribution in [3.05, 3.63) is 29.6 Å². The number of anilines is 1. The van der Waals surface area contributed by atoms with Gasteiger partial charge in [-0.3, -0.25) is 4.79 Å². The van der Waals surface area contributed by atoms with Crippen molar-refractivity contribution in [2.24, 2.45) is 11.7 Å². The zero-order chi connectivity index (χ0) is 14.4. The van der Waals surface area contributed by atoms with Gasteiger partial charge in [-0.25, -0.2) is 9.18 Å². The lowest BCUT2D eigenvalue weighted by atomic mass is 10.0. The highest BCUT2D eigenvalue weighted by atomic mass is 19.1. The fourth-order valence-electron chi connectivity index (χ4n) is 1.69. The number of amides is 1. The van der Waals surface area contributed by atoms with E-state index in [1.807, 2.05) is 6.92 Å². The van der Waals surface area contributed by atoms with Crippen molar-refractivity contribution >= 4 is 17.6 Å². The molecule has 0 saturated carbocycles. The highest BCUT2D eigenvalue weighted by Crippen LogP contribution is 2.18. The molecule has 1 aromatic carbocycles. The lowest BCUT2D eigenvalue weighted by molar-refractivity contribution is -0.119. The van der Waals surface area contributed by atoms with E-state index in [0.29, 0.717) is 6.42 Å². The van der Waals surface area contributed by atoms with E-state index in [2.05, 4.69) is 5.32 Å². The molecule has 6 heteroatoms. The van der Waals surface area contributed by atoms with Crippen molar-refractivity contribution in [3.8, 4) is 0 Å². The standard InChI is InChI=1S/C13H17FN2O3/c1-2-3-9(7-15)12(17)16-11-6-8(13(18)19)4-5-10(11)14/h4-6,9H,2-3,7,15H2,1H3,(H,16,17)(H,18,19). The molecule has 1 atom stereocenters. The van der Waals surface area contributed by atoms with Gasteiger partial charge in [-0.15, -0.1) is 0 Å². The number of carboxylic acids is 1. The number of carboxylic acid groups (broad SMARTS) is 1. The first-order valence-corrected chi connectivity index (χ1v) is 6.03. The molecule has 0 saturated heterocycles. The van der Waals surface area contributed by atoms with Crippen molar-refractivity contribution in [1.82, 2.24) is 0 Å². The van der Waals surface area contributed by atoms with Crippen LogP contribution in [0.4, 0.5) is 10.1 Å². The summed E-state index contributed by atoms with van der Waals surface area (Å²) in [4.78, 5) is 22.6. The molecule has 1 unspecified atom stereocenters.